The van der Waals surface area contributed by atoms with Crippen LogP contribution in [0.2, 0.25) is 0 Å². The highest BCUT2D eigenvalue weighted by Gasteiger charge is 2.92. The van der Waals surface area contributed by atoms with Gasteiger partial charge in [0.05, 0.1) is 19.8 Å². The van der Waals surface area contributed by atoms with Gasteiger partial charge in [0.25, 0.3) is 0 Å². The van der Waals surface area contributed by atoms with Crippen molar-refractivity contribution >= 4 is 7.82 Å². The van der Waals surface area contributed by atoms with Gasteiger partial charge in [-0.3, -0.25) is 13.6 Å². The van der Waals surface area contributed by atoms with Crippen LogP contribution in [-0.2, 0) is 18.1 Å². The molecule has 0 rings (SSSR count). The Morgan fingerprint density at radius 3 is 0.525 bits per heavy atom. The first kappa shape index (κ1) is 56.8. The highest BCUT2D eigenvalue weighted by molar-refractivity contribution is 7.48. The van der Waals surface area contributed by atoms with Gasteiger partial charge in [0.1, 0.15) is 0 Å². The van der Waals surface area contributed by atoms with Crippen molar-refractivity contribution in [2.75, 3.05) is 19.8 Å². The summed E-state index contributed by atoms with van der Waals surface area (Å²) in [5, 5.41) is 0. The number of alkyl halides is 33. The van der Waals surface area contributed by atoms with Crippen LogP contribution in [0, 0.1) is 0 Å². The molecule has 0 fully saturated rings. The number of hydrogen-bond acceptors (Lipinski definition) is 4. The molecule has 0 saturated carbocycles. The Kier molecular flexibility index (Phi) is 15.3. The number of hydrogen-bond donors (Lipinski definition) is 0. The summed E-state index contributed by atoms with van der Waals surface area (Å²) in [5.74, 6) is -46.2. The normalized spacial score (nSPS) is 16.6. The summed E-state index contributed by atoms with van der Waals surface area (Å²) in [6.07, 6.45) is -59.7. The predicted octanol–water partition coefficient (Wildman–Crippen LogP) is 12.6. The monoisotopic (exact) mass is 986 g/mol. The van der Waals surface area contributed by atoms with Crippen molar-refractivity contribution in [2.45, 2.75) is 109 Å². The Morgan fingerprint density at radius 2 is 0.407 bits per heavy atom. The molecule has 59 heavy (non-hydrogen) atoms. The van der Waals surface area contributed by atoms with E-state index in [4.69, 9.17) is 0 Å². The molecule has 0 spiro atoms. The molecule has 0 amide bonds. The zero-order valence-corrected chi connectivity index (χ0v) is 27.2. The van der Waals surface area contributed by atoms with Crippen LogP contribution in [0.3, 0.4) is 0 Å². The molecule has 0 bridgehead atoms. The molecule has 0 aromatic rings. The summed E-state index contributed by atoms with van der Waals surface area (Å²) in [6.45, 7) is -9.68. The fraction of sp³-hybridized carbons (Fsp3) is 1.00. The van der Waals surface area contributed by atoms with E-state index >= 15 is 0 Å². The molecule has 0 unspecified atom stereocenters. The first-order chi connectivity index (χ1) is 25.1. The van der Waals surface area contributed by atoms with E-state index < -0.39 is 137 Å². The third-order valence-electron chi connectivity index (χ3n) is 7.02. The summed E-state index contributed by atoms with van der Waals surface area (Å²) in [6, 6.07) is 0. The molecule has 0 atom stereocenters. The zero-order valence-electron chi connectivity index (χ0n) is 26.3. The van der Waals surface area contributed by atoms with Gasteiger partial charge in [-0.15, -0.1) is 0 Å². The molecule has 0 aliphatic rings. The Hall–Kier alpha value is -2.20. The van der Waals surface area contributed by atoms with Crippen LogP contribution in [0.1, 0.15) is 19.3 Å². The van der Waals surface area contributed by atoms with Crippen LogP contribution in [0.25, 0.3) is 0 Å². The molecule has 0 heterocycles. The van der Waals surface area contributed by atoms with Gasteiger partial charge in [-0.25, -0.2) is 17.7 Å². The van der Waals surface area contributed by atoms with Crippen molar-refractivity contribution in [1.29, 1.82) is 0 Å². The molecule has 4 nitrogen and oxygen atoms in total. The first-order valence-corrected chi connectivity index (χ1v) is 14.9. The molecular weight excluding hydrogens is 974 g/mol. The van der Waals surface area contributed by atoms with Gasteiger partial charge in [0.15, 0.2) is 0 Å². The van der Waals surface area contributed by atoms with Crippen LogP contribution in [-0.4, -0.2) is 109 Å². The number of phosphoric acid groups is 1. The fourth-order valence-electron chi connectivity index (χ4n) is 3.75. The van der Waals surface area contributed by atoms with Crippen LogP contribution in [0.15, 0.2) is 0 Å². The van der Waals surface area contributed by atoms with Crippen molar-refractivity contribution in [3.05, 3.63) is 0 Å². The van der Waals surface area contributed by atoms with E-state index in [1.54, 1.807) is 0 Å². The van der Waals surface area contributed by atoms with Crippen molar-refractivity contribution in [1.82, 2.24) is 0 Å². The average Bonchev–Trinajstić information content (AvgIpc) is 2.95. The fourth-order valence-corrected chi connectivity index (χ4v) is 4.91. The van der Waals surface area contributed by atoms with E-state index in [2.05, 4.69) is 13.6 Å². The van der Waals surface area contributed by atoms with E-state index in [0.29, 0.717) is 0 Å². The molecule has 0 radical (unpaired) electrons. The van der Waals surface area contributed by atoms with Gasteiger partial charge < -0.3 is 0 Å². The van der Waals surface area contributed by atoms with E-state index in [9.17, 15) is 149 Å². The van der Waals surface area contributed by atoms with Crippen LogP contribution >= 0.6 is 7.82 Å². The number of phosphoric ester groups is 1. The largest absolute Gasteiger partial charge is 0.474 e. The van der Waals surface area contributed by atoms with Gasteiger partial charge in [0.2, 0.25) is 0 Å². The highest BCUT2D eigenvalue weighted by atomic mass is 31.2. The van der Waals surface area contributed by atoms with Gasteiger partial charge in [0, 0.05) is 19.3 Å². The maximum absolute atomic E-state index is 14.0. The van der Waals surface area contributed by atoms with Gasteiger partial charge in [-0.05, 0) is 0 Å². The summed E-state index contributed by atoms with van der Waals surface area (Å²) in [7, 11) is -7.30. The molecule has 0 aliphatic carbocycles. The predicted molar refractivity (Wildman–Crippen MR) is 117 cm³/mol. The smallest absolute Gasteiger partial charge is 0.287 e. The maximum Gasteiger partial charge on any atom is 0.474 e. The van der Waals surface area contributed by atoms with Gasteiger partial charge in [-0.2, -0.15) is 132 Å². The van der Waals surface area contributed by atoms with Crippen LogP contribution in [0.4, 0.5) is 145 Å². The SMILES string of the molecule is O=P(OCCC(F)(F)C(F)(F)C(F)(C(F)(F)F)C(F)(F)F)(OCCC(F)(F)C(F)(F)C(F)(C(F)(F)F)C(F)(F)F)OCCC(F)(F)C(F)(F)C(F)(C(F)(F)F)C(F)(F)F. The molecule has 0 aromatic carbocycles. The summed E-state index contributed by atoms with van der Waals surface area (Å²) in [5.41, 5.74) is -24.9. The van der Waals surface area contributed by atoms with Crippen molar-refractivity contribution in [3.63, 3.8) is 0 Å². The summed E-state index contributed by atoms with van der Waals surface area (Å²) in [4.78, 5) is 0. The highest BCUT2D eigenvalue weighted by Crippen LogP contribution is 2.63. The topological polar surface area (TPSA) is 44.8 Å². The maximum atomic E-state index is 14.0. The minimum absolute atomic E-state index is 3.23. The quantitative estimate of drug-likeness (QED) is 0.101. The second kappa shape index (κ2) is 15.9. The van der Waals surface area contributed by atoms with E-state index in [-0.39, 0.29) is 0 Å². The first-order valence-electron chi connectivity index (χ1n) is 13.4. The Labute approximate surface area is 300 Å². The number of halogens is 33. The molecule has 356 valence electrons. The Bertz CT molecular complexity index is 1250. The van der Waals surface area contributed by atoms with Crippen LogP contribution in [0.5, 0.6) is 0 Å². The van der Waals surface area contributed by atoms with Crippen molar-refractivity contribution < 1.29 is 163 Å². The summed E-state index contributed by atoms with van der Waals surface area (Å²) < 4.78 is 458. The Balaban J connectivity index is 6.98. The lowest BCUT2D eigenvalue weighted by molar-refractivity contribution is -0.427. The summed E-state index contributed by atoms with van der Waals surface area (Å²) >= 11 is 0. The molecule has 38 heteroatoms. The number of rotatable bonds is 18. The van der Waals surface area contributed by atoms with E-state index in [0.717, 1.165) is 0 Å². The second-order valence-electron chi connectivity index (χ2n) is 11.0. The lowest BCUT2D eigenvalue weighted by atomic mass is 9.89. The lowest BCUT2D eigenvalue weighted by Crippen LogP contribution is -2.70. The molecule has 0 saturated heterocycles. The minimum Gasteiger partial charge on any atom is -0.287 e. The Morgan fingerprint density at radius 1 is 0.271 bits per heavy atom. The van der Waals surface area contributed by atoms with E-state index in [1.165, 1.54) is 0 Å². The molecule has 0 aliphatic heterocycles. The standard InChI is InChI=1S/C21H12F33O4P/c22-7(23,13(31,32)10(28,16(37,38)39)17(40,41)42)1-4-56-59(55,57-5-2-8(24,25)14(33,34)11(29,18(43,44)45)19(46,47)48)58-6-3-9(26,27)15(35,36)12(30,20(49,50)51)21(52,53)54/h1-6H2. The van der Waals surface area contributed by atoms with E-state index in [1.807, 2.05) is 0 Å². The minimum atomic E-state index is -8.31. The third kappa shape index (κ3) is 9.59. The van der Waals surface area contributed by atoms with Gasteiger partial charge >= 0.3 is 97.4 Å². The molecule has 0 aromatic heterocycles. The second-order valence-corrected chi connectivity index (χ2v) is 12.7. The van der Waals surface area contributed by atoms with Crippen molar-refractivity contribution in [3.8, 4) is 0 Å². The van der Waals surface area contributed by atoms with Gasteiger partial charge in [-0.1, -0.05) is 0 Å². The average molecular weight is 986 g/mol. The van der Waals surface area contributed by atoms with Crippen molar-refractivity contribution in [2.24, 2.45) is 0 Å². The lowest BCUT2D eigenvalue weighted by Gasteiger charge is -2.40. The molecule has 0 N–H and O–H groups in total. The van der Waals surface area contributed by atoms with Crippen LogP contribution < -0.4 is 0 Å². The zero-order chi connectivity index (χ0) is 48.4. The molecular formula is C21H12F33O4P. The third-order valence-corrected chi connectivity index (χ3v) is 8.51.